The summed E-state index contributed by atoms with van der Waals surface area (Å²) in [5, 5.41) is 0. The predicted molar refractivity (Wildman–Crippen MR) is 62.8 cm³/mol. The van der Waals surface area contributed by atoms with Crippen molar-refractivity contribution >= 4 is 0 Å². The van der Waals surface area contributed by atoms with E-state index in [1.54, 1.807) is 0 Å². The summed E-state index contributed by atoms with van der Waals surface area (Å²) in [5.41, 5.74) is 7.16. The summed E-state index contributed by atoms with van der Waals surface area (Å²) in [7, 11) is 0. The van der Waals surface area contributed by atoms with Crippen molar-refractivity contribution < 1.29 is 4.74 Å². The predicted octanol–water partition coefficient (Wildman–Crippen LogP) is 2.32. The number of rotatable bonds is 7. The van der Waals surface area contributed by atoms with E-state index in [1.807, 2.05) is 0 Å². The van der Waals surface area contributed by atoms with Crippen molar-refractivity contribution in [1.29, 1.82) is 0 Å². The molecule has 0 aliphatic rings. The van der Waals surface area contributed by atoms with Gasteiger partial charge < -0.3 is 15.0 Å². The van der Waals surface area contributed by atoms with Crippen LogP contribution in [0.3, 0.4) is 0 Å². The first kappa shape index (κ1) is 12.3. The molecule has 15 heavy (non-hydrogen) atoms. The Morgan fingerprint density at radius 2 is 2.20 bits per heavy atom. The van der Waals surface area contributed by atoms with E-state index < -0.39 is 0 Å². The van der Waals surface area contributed by atoms with Gasteiger partial charge in [0.15, 0.2) is 0 Å². The van der Waals surface area contributed by atoms with E-state index in [2.05, 4.69) is 36.9 Å². The van der Waals surface area contributed by atoms with Gasteiger partial charge in [-0.15, -0.1) is 0 Å². The third-order valence-corrected chi connectivity index (χ3v) is 2.48. The van der Waals surface area contributed by atoms with E-state index in [-0.39, 0.29) is 6.04 Å². The van der Waals surface area contributed by atoms with Crippen LogP contribution in [0.5, 0.6) is 0 Å². The quantitative estimate of drug-likeness (QED) is 0.702. The van der Waals surface area contributed by atoms with Crippen molar-refractivity contribution in [2.75, 3.05) is 13.2 Å². The minimum Gasteiger partial charge on any atom is -0.380 e. The number of nitrogens with two attached hydrogens (primary N) is 1. The van der Waals surface area contributed by atoms with Crippen LogP contribution >= 0.6 is 0 Å². The highest BCUT2D eigenvalue weighted by atomic mass is 16.5. The third kappa shape index (κ3) is 4.06. The van der Waals surface area contributed by atoms with Crippen LogP contribution in [-0.2, 0) is 11.3 Å². The smallest absolute Gasteiger partial charge is 0.0645 e. The normalized spacial score (nSPS) is 13.0. The van der Waals surface area contributed by atoms with Crippen molar-refractivity contribution in [3.05, 3.63) is 24.0 Å². The first-order valence-corrected chi connectivity index (χ1v) is 5.77. The molecule has 0 radical (unpaired) electrons. The molecule has 2 N–H and O–H groups in total. The molecule has 0 bridgehead atoms. The van der Waals surface area contributed by atoms with Crippen LogP contribution in [0, 0.1) is 0 Å². The number of hydrogen-bond donors (Lipinski definition) is 1. The van der Waals surface area contributed by atoms with Crippen LogP contribution in [0.15, 0.2) is 18.5 Å². The summed E-state index contributed by atoms with van der Waals surface area (Å²) < 4.78 is 7.57. The molecule has 0 amide bonds. The second-order valence-corrected chi connectivity index (χ2v) is 3.81. The molecule has 0 spiro atoms. The maximum atomic E-state index is 5.94. The van der Waals surface area contributed by atoms with Gasteiger partial charge in [0.2, 0.25) is 0 Å². The molecular weight excluding hydrogens is 188 g/mol. The summed E-state index contributed by atoms with van der Waals surface area (Å²) in [6.07, 6.45) is 6.25. The Bertz CT molecular complexity index is 270. The lowest BCUT2D eigenvalue weighted by Gasteiger charge is -2.06. The summed E-state index contributed by atoms with van der Waals surface area (Å²) >= 11 is 0. The molecule has 1 unspecified atom stereocenters. The minimum absolute atomic E-state index is 0.169. The molecule has 1 atom stereocenters. The molecule has 1 rings (SSSR count). The molecule has 1 heterocycles. The summed E-state index contributed by atoms with van der Waals surface area (Å²) in [5.74, 6) is 0. The second kappa shape index (κ2) is 6.64. The molecule has 0 aliphatic carbocycles. The van der Waals surface area contributed by atoms with Gasteiger partial charge >= 0.3 is 0 Å². The van der Waals surface area contributed by atoms with E-state index in [9.17, 15) is 0 Å². The van der Waals surface area contributed by atoms with E-state index in [0.717, 1.165) is 32.6 Å². The first-order valence-electron chi connectivity index (χ1n) is 5.77. The minimum atomic E-state index is 0.169. The Kier molecular flexibility index (Phi) is 5.43. The standard InChI is InChI=1S/C12H22N2O/c1-3-8-15-9-7-14-6-5-11(10-14)12(13)4-2/h5-6,10,12H,3-4,7-9,13H2,1-2H3. The van der Waals surface area contributed by atoms with E-state index in [0.29, 0.717) is 0 Å². The summed E-state index contributed by atoms with van der Waals surface area (Å²) in [6, 6.07) is 2.26. The average Bonchev–Trinajstić information content (AvgIpc) is 2.72. The van der Waals surface area contributed by atoms with Crippen molar-refractivity contribution in [3.8, 4) is 0 Å². The molecule has 0 saturated carbocycles. The zero-order chi connectivity index (χ0) is 11.1. The Labute approximate surface area is 92.2 Å². The van der Waals surface area contributed by atoms with Gasteiger partial charge in [-0.05, 0) is 24.5 Å². The number of nitrogens with zero attached hydrogens (tertiary/aromatic N) is 1. The Morgan fingerprint density at radius 1 is 1.40 bits per heavy atom. The van der Waals surface area contributed by atoms with Crippen molar-refractivity contribution in [1.82, 2.24) is 4.57 Å². The first-order chi connectivity index (χ1) is 7.27. The third-order valence-electron chi connectivity index (χ3n) is 2.48. The molecular formula is C12H22N2O. The molecule has 0 aliphatic heterocycles. The number of aromatic nitrogens is 1. The van der Waals surface area contributed by atoms with Crippen LogP contribution in [0.1, 0.15) is 38.3 Å². The molecule has 86 valence electrons. The second-order valence-electron chi connectivity index (χ2n) is 3.81. The van der Waals surface area contributed by atoms with E-state index in [4.69, 9.17) is 10.5 Å². The molecule has 3 heteroatoms. The number of hydrogen-bond acceptors (Lipinski definition) is 2. The van der Waals surface area contributed by atoms with Gasteiger partial charge in [-0.3, -0.25) is 0 Å². The number of ether oxygens (including phenoxy) is 1. The molecule has 0 aromatic carbocycles. The Balaban J connectivity index is 2.33. The fourth-order valence-electron chi connectivity index (χ4n) is 1.47. The zero-order valence-corrected chi connectivity index (χ0v) is 9.78. The van der Waals surface area contributed by atoms with Crippen LogP contribution in [-0.4, -0.2) is 17.8 Å². The van der Waals surface area contributed by atoms with Gasteiger partial charge in [-0.25, -0.2) is 0 Å². The van der Waals surface area contributed by atoms with Gasteiger partial charge in [0.1, 0.15) is 0 Å². The van der Waals surface area contributed by atoms with Crippen LogP contribution in [0.4, 0.5) is 0 Å². The zero-order valence-electron chi connectivity index (χ0n) is 9.78. The maximum absolute atomic E-state index is 5.94. The molecule has 1 aromatic rings. The molecule has 0 saturated heterocycles. The van der Waals surface area contributed by atoms with Crippen LogP contribution < -0.4 is 5.73 Å². The largest absolute Gasteiger partial charge is 0.380 e. The van der Waals surface area contributed by atoms with Gasteiger partial charge in [-0.1, -0.05) is 13.8 Å². The highest BCUT2D eigenvalue weighted by molar-refractivity contribution is 5.14. The lowest BCUT2D eigenvalue weighted by Crippen LogP contribution is -2.08. The Morgan fingerprint density at radius 3 is 2.87 bits per heavy atom. The van der Waals surface area contributed by atoms with E-state index in [1.165, 1.54) is 5.56 Å². The van der Waals surface area contributed by atoms with Crippen molar-refractivity contribution in [2.45, 2.75) is 39.3 Å². The van der Waals surface area contributed by atoms with E-state index >= 15 is 0 Å². The molecule has 0 fully saturated rings. The Hall–Kier alpha value is -0.800. The van der Waals surface area contributed by atoms with Gasteiger partial charge in [-0.2, -0.15) is 0 Å². The highest BCUT2D eigenvalue weighted by Gasteiger charge is 2.04. The fraction of sp³-hybridized carbons (Fsp3) is 0.667. The topological polar surface area (TPSA) is 40.2 Å². The van der Waals surface area contributed by atoms with Gasteiger partial charge in [0.25, 0.3) is 0 Å². The molecule has 3 nitrogen and oxygen atoms in total. The lowest BCUT2D eigenvalue weighted by molar-refractivity contribution is 0.127. The SMILES string of the molecule is CCCOCCn1ccc(C(N)CC)c1. The van der Waals surface area contributed by atoms with Crippen LogP contribution in [0.2, 0.25) is 0 Å². The molecule has 1 aromatic heterocycles. The lowest BCUT2D eigenvalue weighted by atomic mass is 10.1. The van der Waals surface area contributed by atoms with Gasteiger partial charge in [0, 0.05) is 31.6 Å². The van der Waals surface area contributed by atoms with Gasteiger partial charge in [0.05, 0.1) is 6.61 Å². The monoisotopic (exact) mass is 210 g/mol. The van der Waals surface area contributed by atoms with Crippen molar-refractivity contribution in [2.24, 2.45) is 5.73 Å². The summed E-state index contributed by atoms with van der Waals surface area (Å²) in [4.78, 5) is 0. The fourth-order valence-corrected chi connectivity index (χ4v) is 1.47. The average molecular weight is 210 g/mol. The van der Waals surface area contributed by atoms with Crippen molar-refractivity contribution in [3.63, 3.8) is 0 Å². The maximum Gasteiger partial charge on any atom is 0.0645 e. The van der Waals surface area contributed by atoms with Crippen LogP contribution in [0.25, 0.3) is 0 Å². The highest BCUT2D eigenvalue weighted by Crippen LogP contribution is 2.13. The summed E-state index contributed by atoms with van der Waals surface area (Å²) in [6.45, 7) is 6.77.